The van der Waals surface area contributed by atoms with Crippen LogP contribution < -0.4 is 5.32 Å². The van der Waals surface area contributed by atoms with Gasteiger partial charge in [-0.2, -0.15) is 0 Å². The molecule has 2 nitrogen and oxygen atoms in total. The lowest BCUT2D eigenvalue weighted by Crippen LogP contribution is -2.13. The molecule has 0 atom stereocenters. The van der Waals surface area contributed by atoms with Gasteiger partial charge in [-0.05, 0) is 36.4 Å². The van der Waals surface area contributed by atoms with Gasteiger partial charge in [-0.1, -0.05) is 38.5 Å². The van der Waals surface area contributed by atoms with Gasteiger partial charge in [-0.15, -0.1) is 11.8 Å². The molecule has 0 saturated heterocycles. The molecule has 0 bridgehead atoms. The number of nitrogens with one attached hydrogen (secondary N) is 1. The SMILES string of the molecule is CCCCSc1nc2ccccc2cc1CNCC. The van der Waals surface area contributed by atoms with Crippen molar-refractivity contribution in [1.29, 1.82) is 0 Å². The predicted molar refractivity (Wildman–Crippen MR) is 84.8 cm³/mol. The highest BCUT2D eigenvalue weighted by Gasteiger charge is 2.07. The second-order valence-electron chi connectivity index (χ2n) is 4.63. The lowest BCUT2D eigenvalue weighted by atomic mass is 10.1. The van der Waals surface area contributed by atoms with Crippen LogP contribution in [0.3, 0.4) is 0 Å². The maximum atomic E-state index is 4.82. The van der Waals surface area contributed by atoms with E-state index >= 15 is 0 Å². The molecule has 2 aromatic rings. The number of para-hydroxylation sites is 1. The van der Waals surface area contributed by atoms with E-state index in [4.69, 9.17) is 4.98 Å². The molecule has 0 unspecified atom stereocenters. The Hall–Kier alpha value is -1.06. The van der Waals surface area contributed by atoms with Crippen LogP contribution in [0, 0.1) is 0 Å². The quantitative estimate of drug-likeness (QED) is 0.604. The van der Waals surface area contributed by atoms with Crippen molar-refractivity contribution in [3.05, 3.63) is 35.9 Å². The number of hydrogen-bond donors (Lipinski definition) is 1. The minimum atomic E-state index is 0.906. The molecule has 0 fully saturated rings. The van der Waals surface area contributed by atoms with Crippen molar-refractivity contribution >= 4 is 22.7 Å². The summed E-state index contributed by atoms with van der Waals surface area (Å²) >= 11 is 1.89. The van der Waals surface area contributed by atoms with E-state index in [1.54, 1.807) is 0 Å². The second-order valence-corrected chi connectivity index (χ2v) is 5.71. The fourth-order valence-electron chi connectivity index (χ4n) is 1.97. The zero-order valence-corrected chi connectivity index (χ0v) is 12.6. The Labute approximate surface area is 120 Å². The van der Waals surface area contributed by atoms with E-state index in [1.807, 2.05) is 11.8 Å². The van der Waals surface area contributed by atoms with Crippen LogP contribution in [-0.2, 0) is 6.54 Å². The molecule has 2 rings (SSSR count). The molecule has 0 aliphatic rings. The highest BCUT2D eigenvalue weighted by Crippen LogP contribution is 2.25. The Bertz CT molecular complexity index is 525. The summed E-state index contributed by atoms with van der Waals surface area (Å²) in [5.41, 5.74) is 2.42. The van der Waals surface area contributed by atoms with Crippen LogP contribution in [0.5, 0.6) is 0 Å². The fourth-order valence-corrected chi connectivity index (χ4v) is 3.07. The largest absolute Gasteiger partial charge is 0.313 e. The van der Waals surface area contributed by atoms with Crippen LogP contribution in [-0.4, -0.2) is 17.3 Å². The first-order valence-electron chi connectivity index (χ1n) is 7.07. The van der Waals surface area contributed by atoms with Crippen molar-refractivity contribution < 1.29 is 0 Å². The number of benzene rings is 1. The molecule has 19 heavy (non-hydrogen) atoms. The third kappa shape index (κ3) is 3.95. The van der Waals surface area contributed by atoms with Gasteiger partial charge in [0.15, 0.2) is 0 Å². The summed E-state index contributed by atoms with van der Waals surface area (Å²) in [6.45, 7) is 6.26. The molecule has 1 heterocycles. The van der Waals surface area contributed by atoms with E-state index in [9.17, 15) is 0 Å². The Morgan fingerprint density at radius 3 is 2.84 bits per heavy atom. The maximum absolute atomic E-state index is 4.82. The molecule has 0 aliphatic carbocycles. The molecule has 1 aromatic carbocycles. The first-order chi connectivity index (χ1) is 9.35. The summed E-state index contributed by atoms with van der Waals surface area (Å²) in [7, 11) is 0. The number of hydrogen-bond acceptors (Lipinski definition) is 3. The molecular weight excluding hydrogens is 252 g/mol. The molecule has 0 amide bonds. The van der Waals surface area contributed by atoms with Crippen LogP contribution in [0.4, 0.5) is 0 Å². The molecule has 0 aliphatic heterocycles. The third-order valence-electron chi connectivity index (χ3n) is 3.07. The summed E-state index contributed by atoms with van der Waals surface area (Å²) < 4.78 is 0. The Balaban J connectivity index is 2.27. The number of rotatable bonds is 7. The molecular formula is C16H22N2S. The summed E-state index contributed by atoms with van der Waals surface area (Å²) in [4.78, 5) is 4.82. The van der Waals surface area contributed by atoms with Gasteiger partial charge in [-0.25, -0.2) is 4.98 Å². The molecule has 0 saturated carbocycles. The molecule has 0 spiro atoms. The lowest BCUT2D eigenvalue weighted by Gasteiger charge is -2.10. The fraction of sp³-hybridized carbons (Fsp3) is 0.438. The number of fused-ring (bicyclic) bond motifs is 1. The zero-order valence-electron chi connectivity index (χ0n) is 11.8. The molecule has 0 radical (unpaired) electrons. The number of aromatic nitrogens is 1. The van der Waals surface area contributed by atoms with Crippen molar-refractivity contribution in [2.45, 2.75) is 38.3 Å². The maximum Gasteiger partial charge on any atom is 0.101 e. The van der Waals surface area contributed by atoms with E-state index in [-0.39, 0.29) is 0 Å². The minimum Gasteiger partial charge on any atom is -0.313 e. The van der Waals surface area contributed by atoms with E-state index in [1.165, 1.54) is 28.8 Å². The van der Waals surface area contributed by atoms with Crippen molar-refractivity contribution in [3.8, 4) is 0 Å². The van der Waals surface area contributed by atoms with Crippen LogP contribution in [0.1, 0.15) is 32.3 Å². The Morgan fingerprint density at radius 1 is 1.21 bits per heavy atom. The number of pyridine rings is 1. The van der Waals surface area contributed by atoms with Crippen molar-refractivity contribution in [3.63, 3.8) is 0 Å². The van der Waals surface area contributed by atoms with Crippen molar-refractivity contribution in [1.82, 2.24) is 10.3 Å². The van der Waals surface area contributed by atoms with Crippen LogP contribution >= 0.6 is 11.8 Å². The van der Waals surface area contributed by atoms with Gasteiger partial charge in [0.25, 0.3) is 0 Å². The number of nitrogens with zero attached hydrogens (tertiary/aromatic N) is 1. The minimum absolute atomic E-state index is 0.906. The van der Waals surface area contributed by atoms with E-state index in [0.29, 0.717) is 0 Å². The monoisotopic (exact) mass is 274 g/mol. The average Bonchev–Trinajstić information content (AvgIpc) is 2.45. The molecule has 1 aromatic heterocycles. The summed E-state index contributed by atoms with van der Waals surface area (Å²) in [5.74, 6) is 1.15. The van der Waals surface area contributed by atoms with E-state index in [0.717, 1.165) is 24.4 Å². The summed E-state index contributed by atoms with van der Waals surface area (Å²) in [5, 5.41) is 5.83. The normalized spacial score (nSPS) is 11.1. The zero-order chi connectivity index (χ0) is 13.5. The van der Waals surface area contributed by atoms with E-state index < -0.39 is 0 Å². The van der Waals surface area contributed by atoms with Gasteiger partial charge in [0, 0.05) is 11.9 Å². The van der Waals surface area contributed by atoms with Crippen LogP contribution in [0.2, 0.25) is 0 Å². The molecule has 3 heteroatoms. The van der Waals surface area contributed by atoms with Crippen molar-refractivity contribution in [2.24, 2.45) is 0 Å². The Morgan fingerprint density at radius 2 is 2.05 bits per heavy atom. The smallest absolute Gasteiger partial charge is 0.101 e. The predicted octanol–water partition coefficient (Wildman–Crippen LogP) is 4.24. The highest BCUT2D eigenvalue weighted by atomic mass is 32.2. The first-order valence-corrected chi connectivity index (χ1v) is 8.06. The topological polar surface area (TPSA) is 24.9 Å². The van der Waals surface area contributed by atoms with E-state index in [2.05, 4.69) is 49.5 Å². The highest BCUT2D eigenvalue weighted by molar-refractivity contribution is 7.99. The summed E-state index contributed by atoms with van der Waals surface area (Å²) in [6.07, 6.45) is 2.49. The van der Waals surface area contributed by atoms with Crippen LogP contribution in [0.15, 0.2) is 35.4 Å². The van der Waals surface area contributed by atoms with Gasteiger partial charge in [0.1, 0.15) is 5.03 Å². The van der Waals surface area contributed by atoms with Crippen LogP contribution in [0.25, 0.3) is 10.9 Å². The Kier molecular flexibility index (Phi) is 5.67. The standard InChI is InChI=1S/C16H22N2S/c1-3-5-10-19-16-14(12-17-4-2)11-13-8-6-7-9-15(13)18-16/h6-9,11,17H,3-5,10,12H2,1-2H3. The first kappa shape index (κ1) is 14.4. The average molecular weight is 274 g/mol. The molecule has 102 valence electrons. The molecule has 1 N–H and O–H groups in total. The number of thioether (sulfide) groups is 1. The lowest BCUT2D eigenvalue weighted by molar-refractivity contribution is 0.713. The third-order valence-corrected chi connectivity index (χ3v) is 4.19. The van der Waals surface area contributed by atoms with Gasteiger partial charge >= 0.3 is 0 Å². The van der Waals surface area contributed by atoms with Gasteiger partial charge in [0.05, 0.1) is 5.52 Å². The number of unbranched alkanes of at least 4 members (excludes halogenated alkanes) is 1. The second kappa shape index (κ2) is 7.51. The van der Waals surface area contributed by atoms with Gasteiger partial charge < -0.3 is 5.32 Å². The summed E-state index contributed by atoms with van der Waals surface area (Å²) in [6, 6.07) is 10.6. The van der Waals surface area contributed by atoms with Gasteiger partial charge in [-0.3, -0.25) is 0 Å². The van der Waals surface area contributed by atoms with Crippen molar-refractivity contribution in [2.75, 3.05) is 12.3 Å². The van der Waals surface area contributed by atoms with Gasteiger partial charge in [0.2, 0.25) is 0 Å².